The van der Waals surface area contributed by atoms with E-state index in [-0.39, 0.29) is 12.5 Å². The third-order valence-electron chi connectivity index (χ3n) is 5.41. The smallest absolute Gasteiger partial charge is 0.255 e. The Kier molecular flexibility index (Phi) is 7.92. The highest BCUT2D eigenvalue weighted by Crippen LogP contribution is 2.29. The Hall–Kier alpha value is -2.70. The summed E-state index contributed by atoms with van der Waals surface area (Å²) >= 11 is 24.3. The van der Waals surface area contributed by atoms with Crippen LogP contribution < -0.4 is 10.1 Å². The number of ether oxygens (including phenoxy) is 1. The van der Waals surface area contributed by atoms with Crippen LogP contribution in [-0.4, -0.2) is 15.7 Å². The summed E-state index contributed by atoms with van der Waals surface area (Å²) in [5.74, 6) is 0.281. The Bertz CT molecular complexity index is 1400. The first-order chi connectivity index (χ1) is 16.7. The van der Waals surface area contributed by atoms with Crippen molar-refractivity contribution in [2.75, 3.05) is 5.32 Å². The van der Waals surface area contributed by atoms with Crippen molar-refractivity contribution < 1.29 is 9.53 Å². The fraction of sp³-hybridized carbons (Fsp3) is 0.154. The summed E-state index contributed by atoms with van der Waals surface area (Å²) in [6.45, 7) is 4.52. The van der Waals surface area contributed by atoms with E-state index in [1.54, 1.807) is 36.4 Å². The van der Waals surface area contributed by atoms with Gasteiger partial charge in [0, 0.05) is 10.6 Å². The highest BCUT2D eigenvalue weighted by molar-refractivity contribution is 6.42. The van der Waals surface area contributed by atoms with Crippen molar-refractivity contribution in [3.05, 3.63) is 109 Å². The van der Waals surface area contributed by atoms with Crippen molar-refractivity contribution in [2.45, 2.75) is 27.0 Å². The summed E-state index contributed by atoms with van der Waals surface area (Å²) in [5, 5.41) is 9.52. The summed E-state index contributed by atoms with van der Waals surface area (Å²) in [7, 11) is 0. The van der Waals surface area contributed by atoms with Crippen LogP contribution >= 0.6 is 46.4 Å². The minimum absolute atomic E-state index is 0.239. The van der Waals surface area contributed by atoms with Crippen LogP contribution in [0, 0.1) is 13.8 Å². The molecule has 0 unspecified atom stereocenters. The van der Waals surface area contributed by atoms with Gasteiger partial charge in [-0.15, -0.1) is 0 Å². The van der Waals surface area contributed by atoms with E-state index in [1.807, 2.05) is 42.8 Å². The monoisotopic (exact) mass is 547 g/mol. The van der Waals surface area contributed by atoms with E-state index >= 15 is 0 Å². The van der Waals surface area contributed by atoms with E-state index in [0.717, 1.165) is 16.8 Å². The summed E-state index contributed by atoms with van der Waals surface area (Å²) in [4.78, 5) is 13.0. The number of halogens is 4. The third kappa shape index (κ3) is 6.11. The lowest BCUT2D eigenvalue weighted by Crippen LogP contribution is -2.14. The molecule has 0 aliphatic carbocycles. The SMILES string of the molecule is Cc1nn(Cc2ccc(Cl)c(Cl)c2)c(C)c1NC(=O)c1cccc(COc2ccc(Cl)cc2Cl)c1. The number of anilines is 1. The van der Waals surface area contributed by atoms with Crippen LogP contribution in [0.25, 0.3) is 0 Å². The Labute approximate surface area is 223 Å². The molecule has 5 nitrogen and oxygen atoms in total. The van der Waals surface area contributed by atoms with Crippen LogP contribution in [0.5, 0.6) is 5.75 Å². The van der Waals surface area contributed by atoms with Crippen molar-refractivity contribution in [3.63, 3.8) is 0 Å². The lowest BCUT2D eigenvalue weighted by atomic mass is 10.1. The highest BCUT2D eigenvalue weighted by Gasteiger charge is 2.16. The fourth-order valence-corrected chi connectivity index (χ4v) is 4.37. The molecule has 1 N–H and O–H groups in total. The molecule has 1 aromatic heterocycles. The number of nitrogens with one attached hydrogen (secondary N) is 1. The summed E-state index contributed by atoms with van der Waals surface area (Å²) in [6, 6.07) is 17.7. The van der Waals surface area contributed by atoms with Gasteiger partial charge in [0.25, 0.3) is 5.91 Å². The molecule has 35 heavy (non-hydrogen) atoms. The third-order valence-corrected chi connectivity index (χ3v) is 6.68. The van der Waals surface area contributed by atoms with E-state index in [9.17, 15) is 4.79 Å². The maximum atomic E-state index is 13.0. The largest absolute Gasteiger partial charge is 0.487 e. The number of carbonyl (C=O) groups is 1. The van der Waals surface area contributed by atoms with Gasteiger partial charge in [-0.2, -0.15) is 5.10 Å². The van der Waals surface area contributed by atoms with E-state index in [2.05, 4.69) is 10.4 Å². The zero-order valence-electron chi connectivity index (χ0n) is 18.9. The molecule has 0 radical (unpaired) electrons. The van der Waals surface area contributed by atoms with Crippen LogP contribution in [-0.2, 0) is 13.2 Å². The zero-order valence-corrected chi connectivity index (χ0v) is 21.9. The molecule has 0 aliphatic rings. The number of benzene rings is 3. The zero-order chi connectivity index (χ0) is 25.1. The van der Waals surface area contributed by atoms with Gasteiger partial charge in [-0.1, -0.05) is 64.6 Å². The quantitative estimate of drug-likeness (QED) is 0.254. The topological polar surface area (TPSA) is 56.2 Å². The Morgan fingerprint density at radius 1 is 0.914 bits per heavy atom. The van der Waals surface area contributed by atoms with Crippen molar-refractivity contribution >= 4 is 58.0 Å². The summed E-state index contributed by atoms with van der Waals surface area (Å²) < 4.78 is 7.62. The van der Waals surface area contributed by atoms with Crippen molar-refractivity contribution in [2.24, 2.45) is 0 Å². The van der Waals surface area contributed by atoms with Gasteiger partial charge in [0.2, 0.25) is 0 Å². The number of rotatable bonds is 7. The van der Waals surface area contributed by atoms with Crippen LogP contribution in [0.4, 0.5) is 5.69 Å². The summed E-state index contributed by atoms with van der Waals surface area (Å²) in [6.07, 6.45) is 0. The Morgan fingerprint density at radius 2 is 1.71 bits per heavy atom. The lowest BCUT2D eigenvalue weighted by Gasteiger charge is -2.10. The normalized spacial score (nSPS) is 10.9. The molecule has 180 valence electrons. The van der Waals surface area contributed by atoms with E-state index in [1.165, 1.54) is 0 Å². The van der Waals surface area contributed by atoms with Gasteiger partial charge in [-0.3, -0.25) is 9.48 Å². The molecule has 0 spiro atoms. The average Bonchev–Trinajstić information content (AvgIpc) is 3.08. The van der Waals surface area contributed by atoms with Gasteiger partial charge in [0.1, 0.15) is 12.4 Å². The number of aryl methyl sites for hydroxylation is 1. The van der Waals surface area contributed by atoms with Gasteiger partial charge in [-0.25, -0.2) is 0 Å². The number of amides is 1. The van der Waals surface area contributed by atoms with Gasteiger partial charge in [0.05, 0.1) is 38.7 Å². The van der Waals surface area contributed by atoms with Crippen LogP contribution in [0.2, 0.25) is 20.1 Å². The van der Waals surface area contributed by atoms with Crippen molar-refractivity contribution in [3.8, 4) is 5.75 Å². The molecule has 1 heterocycles. The van der Waals surface area contributed by atoms with E-state index in [4.69, 9.17) is 51.1 Å². The van der Waals surface area contributed by atoms with Gasteiger partial charge in [0.15, 0.2) is 0 Å². The summed E-state index contributed by atoms with van der Waals surface area (Å²) in [5.41, 5.74) is 4.50. The molecule has 1 amide bonds. The molecular weight excluding hydrogens is 528 g/mol. The first-order valence-electron chi connectivity index (χ1n) is 10.7. The molecular formula is C26H21Cl4N3O2. The number of aromatic nitrogens is 2. The maximum Gasteiger partial charge on any atom is 0.255 e. The van der Waals surface area contributed by atoms with Crippen LogP contribution in [0.1, 0.15) is 32.9 Å². The predicted molar refractivity (Wildman–Crippen MR) is 142 cm³/mol. The van der Waals surface area contributed by atoms with E-state index < -0.39 is 0 Å². The van der Waals surface area contributed by atoms with Crippen LogP contribution in [0.3, 0.4) is 0 Å². The second-order valence-electron chi connectivity index (χ2n) is 7.97. The highest BCUT2D eigenvalue weighted by atomic mass is 35.5. The minimum atomic E-state index is -0.239. The number of hydrogen-bond acceptors (Lipinski definition) is 3. The molecule has 0 aliphatic heterocycles. The van der Waals surface area contributed by atoms with Gasteiger partial charge >= 0.3 is 0 Å². The molecule has 3 aromatic carbocycles. The standard InChI is InChI=1S/C26H21Cl4N3O2/c1-15-25(16(2)33(32-15)13-17-6-8-21(28)22(29)11-17)31-26(34)19-5-3-4-18(10-19)14-35-24-9-7-20(27)12-23(24)30/h3-12H,13-14H2,1-2H3,(H,31,34). The molecule has 0 atom stereocenters. The second kappa shape index (κ2) is 10.9. The lowest BCUT2D eigenvalue weighted by molar-refractivity contribution is 0.102. The maximum absolute atomic E-state index is 13.0. The Balaban J connectivity index is 1.46. The number of hydrogen-bond donors (Lipinski definition) is 1. The van der Waals surface area contributed by atoms with Gasteiger partial charge < -0.3 is 10.1 Å². The molecule has 0 saturated carbocycles. The second-order valence-corrected chi connectivity index (χ2v) is 9.63. The molecule has 0 saturated heterocycles. The molecule has 4 rings (SSSR count). The van der Waals surface area contributed by atoms with Crippen molar-refractivity contribution in [1.29, 1.82) is 0 Å². The van der Waals surface area contributed by atoms with E-state index in [0.29, 0.717) is 49.3 Å². The van der Waals surface area contributed by atoms with Crippen LogP contribution in [0.15, 0.2) is 60.7 Å². The first-order valence-corrected chi connectivity index (χ1v) is 12.2. The average molecular weight is 549 g/mol. The Morgan fingerprint density at radius 3 is 2.46 bits per heavy atom. The van der Waals surface area contributed by atoms with Crippen molar-refractivity contribution in [1.82, 2.24) is 9.78 Å². The number of nitrogens with zero attached hydrogens (tertiary/aromatic N) is 2. The first kappa shape index (κ1) is 25.4. The number of carbonyl (C=O) groups excluding carboxylic acids is 1. The minimum Gasteiger partial charge on any atom is -0.487 e. The molecule has 0 bridgehead atoms. The predicted octanol–water partition coefficient (Wildman–Crippen LogP) is 7.99. The molecule has 0 fully saturated rings. The molecule has 4 aromatic rings. The molecule has 9 heteroatoms. The fourth-order valence-electron chi connectivity index (χ4n) is 3.58. The van der Waals surface area contributed by atoms with Gasteiger partial charge in [-0.05, 0) is 67.4 Å².